The molecule has 2 aliphatic rings. The Labute approximate surface area is 213 Å². The Morgan fingerprint density at radius 3 is 2.92 bits per heavy atom. The predicted molar refractivity (Wildman–Crippen MR) is 135 cm³/mol. The zero-order chi connectivity index (χ0) is 25.9. The predicted octanol–water partition coefficient (Wildman–Crippen LogP) is 1.49. The molecule has 4 heterocycles. The third kappa shape index (κ3) is 4.92. The minimum absolute atomic E-state index is 0.0451. The van der Waals surface area contributed by atoms with Gasteiger partial charge in [-0.3, -0.25) is 4.79 Å². The molecule has 2 saturated heterocycles. The van der Waals surface area contributed by atoms with Gasteiger partial charge in [0.1, 0.15) is 29.4 Å². The molecule has 2 atom stereocenters. The number of likely N-dealkylation sites (tertiary alicyclic amines) is 1. The molecule has 1 N–H and O–H groups in total. The topological polar surface area (TPSA) is 121 Å². The number of methoxy groups -OCH3 is 1. The van der Waals surface area contributed by atoms with Crippen LogP contribution < -0.4 is 25.2 Å². The molecular formula is C25H29FN8O3. The summed E-state index contributed by atoms with van der Waals surface area (Å²) in [5, 5.41) is 17.2. The van der Waals surface area contributed by atoms with E-state index in [1.54, 1.807) is 6.07 Å². The van der Waals surface area contributed by atoms with Crippen LogP contribution in [0.25, 0.3) is 16.6 Å². The molecule has 194 valence electrons. The number of nitrogens with zero attached hydrogens (tertiary/aromatic N) is 7. The minimum Gasteiger partial charge on any atom is -0.494 e. The molecule has 0 aliphatic carbocycles. The lowest BCUT2D eigenvalue weighted by Gasteiger charge is -2.34. The number of ether oxygens (including phenoxy) is 2. The molecule has 5 rings (SSSR count). The van der Waals surface area contributed by atoms with Gasteiger partial charge in [0, 0.05) is 31.7 Å². The van der Waals surface area contributed by atoms with E-state index in [-0.39, 0.29) is 35.0 Å². The number of hydrogen-bond donors (Lipinski definition) is 1. The molecule has 0 saturated carbocycles. The second-order valence-corrected chi connectivity index (χ2v) is 9.29. The molecule has 2 fully saturated rings. The summed E-state index contributed by atoms with van der Waals surface area (Å²) in [5.41, 5.74) is -0.644. The number of rotatable bonds is 7. The second-order valence-electron chi connectivity index (χ2n) is 9.29. The number of nitrogens with one attached hydrogen (secondary N) is 1. The van der Waals surface area contributed by atoms with Crippen molar-refractivity contribution in [2.24, 2.45) is 0 Å². The summed E-state index contributed by atoms with van der Waals surface area (Å²) in [4.78, 5) is 27.0. The monoisotopic (exact) mass is 508 g/mol. The third-order valence-corrected chi connectivity index (χ3v) is 6.95. The van der Waals surface area contributed by atoms with E-state index in [2.05, 4.69) is 38.4 Å². The van der Waals surface area contributed by atoms with Crippen LogP contribution in [0.4, 0.5) is 10.2 Å². The number of anilines is 1. The summed E-state index contributed by atoms with van der Waals surface area (Å²) in [6.07, 6.45) is 3.91. The van der Waals surface area contributed by atoms with Gasteiger partial charge in [0.25, 0.3) is 5.56 Å². The first-order valence-electron chi connectivity index (χ1n) is 12.3. The fourth-order valence-electron chi connectivity index (χ4n) is 4.94. The first-order valence-corrected chi connectivity index (χ1v) is 12.3. The SMILES string of the molecule is COc1cccc(F)c1-n1ncc2c(N3CCNC(CC#N)C3)nc(OC[C@@H]3CCCN3C)nc2c1=O. The molecule has 0 amide bonds. The van der Waals surface area contributed by atoms with Gasteiger partial charge in [-0.25, -0.2) is 4.39 Å². The third-order valence-electron chi connectivity index (χ3n) is 6.95. The summed E-state index contributed by atoms with van der Waals surface area (Å²) in [6.45, 7) is 3.18. The van der Waals surface area contributed by atoms with Crippen molar-refractivity contribution in [3.63, 3.8) is 0 Å². The highest BCUT2D eigenvalue weighted by atomic mass is 19.1. The van der Waals surface area contributed by atoms with Gasteiger partial charge in [-0.1, -0.05) is 6.07 Å². The van der Waals surface area contributed by atoms with Crippen molar-refractivity contribution in [3.05, 3.63) is 40.6 Å². The minimum atomic E-state index is -0.648. The number of para-hydroxylation sites is 1. The highest BCUT2D eigenvalue weighted by Gasteiger charge is 2.27. The van der Waals surface area contributed by atoms with E-state index in [1.807, 2.05) is 4.90 Å². The Kier molecular flexibility index (Phi) is 7.16. The van der Waals surface area contributed by atoms with Crippen LogP contribution in [0.5, 0.6) is 11.8 Å². The molecule has 1 unspecified atom stereocenters. The number of hydrogen-bond acceptors (Lipinski definition) is 10. The lowest BCUT2D eigenvalue weighted by atomic mass is 10.1. The van der Waals surface area contributed by atoms with Crippen molar-refractivity contribution in [1.82, 2.24) is 30.0 Å². The summed E-state index contributed by atoms with van der Waals surface area (Å²) < 4.78 is 27.1. The van der Waals surface area contributed by atoms with Crippen molar-refractivity contribution in [1.29, 1.82) is 5.26 Å². The summed E-state index contributed by atoms with van der Waals surface area (Å²) >= 11 is 0. The van der Waals surface area contributed by atoms with E-state index < -0.39 is 11.4 Å². The maximum absolute atomic E-state index is 14.8. The molecule has 11 nitrogen and oxygen atoms in total. The van der Waals surface area contributed by atoms with Crippen LogP contribution in [-0.4, -0.2) is 83.7 Å². The van der Waals surface area contributed by atoms with Crippen molar-refractivity contribution in [2.45, 2.75) is 31.3 Å². The Bertz CT molecular complexity index is 1390. The average molecular weight is 509 g/mol. The van der Waals surface area contributed by atoms with Crippen LogP contribution in [-0.2, 0) is 0 Å². The van der Waals surface area contributed by atoms with Crippen molar-refractivity contribution >= 4 is 16.7 Å². The molecule has 0 radical (unpaired) electrons. The first-order chi connectivity index (χ1) is 18.0. The smallest absolute Gasteiger partial charge is 0.319 e. The molecule has 37 heavy (non-hydrogen) atoms. The summed E-state index contributed by atoms with van der Waals surface area (Å²) in [5.74, 6) is 0.0247. The lowest BCUT2D eigenvalue weighted by molar-refractivity contribution is 0.188. The van der Waals surface area contributed by atoms with E-state index in [0.717, 1.165) is 24.1 Å². The number of aromatic nitrogens is 4. The van der Waals surface area contributed by atoms with E-state index in [4.69, 9.17) is 9.47 Å². The first kappa shape index (κ1) is 24.9. The van der Waals surface area contributed by atoms with E-state index >= 15 is 0 Å². The van der Waals surface area contributed by atoms with Crippen LogP contribution in [0.2, 0.25) is 0 Å². The van der Waals surface area contributed by atoms with Gasteiger partial charge in [0.2, 0.25) is 0 Å². The van der Waals surface area contributed by atoms with Crippen molar-refractivity contribution in [2.75, 3.05) is 51.8 Å². The van der Waals surface area contributed by atoms with Crippen LogP contribution >= 0.6 is 0 Å². The largest absolute Gasteiger partial charge is 0.494 e. The van der Waals surface area contributed by atoms with E-state index in [1.165, 1.54) is 25.4 Å². The normalized spacial score (nSPS) is 20.2. The van der Waals surface area contributed by atoms with Gasteiger partial charge in [0.15, 0.2) is 5.82 Å². The molecule has 3 aromatic rings. The fraction of sp³-hybridized carbons (Fsp3) is 0.480. The van der Waals surface area contributed by atoms with Gasteiger partial charge < -0.3 is 24.6 Å². The Hall–Kier alpha value is -3.82. The number of nitriles is 1. The molecule has 2 aliphatic heterocycles. The maximum Gasteiger partial charge on any atom is 0.319 e. The highest BCUT2D eigenvalue weighted by molar-refractivity contribution is 5.88. The van der Waals surface area contributed by atoms with Crippen LogP contribution in [0.15, 0.2) is 29.2 Å². The molecule has 1 aromatic carbocycles. The quantitative estimate of drug-likeness (QED) is 0.502. The fourth-order valence-corrected chi connectivity index (χ4v) is 4.94. The van der Waals surface area contributed by atoms with E-state index in [9.17, 15) is 14.4 Å². The maximum atomic E-state index is 14.8. The van der Waals surface area contributed by atoms with Gasteiger partial charge in [-0.2, -0.15) is 25.0 Å². The summed E-state index contributed by atoms with van der Waals surface area (Å²) in [6, 6.07) is 6.77. The number of piperazine rings is 1. The zero-order valence-corrected chi connectivity index (χ0v) is 20.9. The molecule has 12 heteroatoms. The Balaban J connectivity index is 1.61. The van der Waals surface area contributed by atoms with Crippen molar-refractivity contribution in [3.8, 4) is 23.5 Å². The van der Waals surface area contributed by atoms with Crippen molar-refractivity contribution < 1.29 is 13.9 Å². The average Bonchev–Trinajstić information content (AvgIpc) is 3.32. The standard InChI is InChI=1S/C25H29FN8O3/c1-32-11-4-5-17(32)15-37-25-30-21-18(23(31-25)33-12-10-28-16(14-33)8-9-27)13-29-34(24(21)35)22-19(26)6-3-7-20(22)36-2/h3,6-7,13,16-17,28H,4-5,8,10-12,14-15H2,1-2H3/t16?,17-/m0/s1. The van der Waals surface area contributed by atoms with Gasteiger partial charge >= 0.3 is 6.01 Å². The number of benzene rings is 1. The summed E-state index contributed by atoms with van der Waals surface area (Å²) in [7, 11) is 3.45. The lowest BCUT2D eigenvalue weighted by Crippen LogP contribution is -2.51. The highest BCUT2D eigenvalue weighted by Crippen LogP contribution is 2.28. The van der Waals surface area contributed by atoms with E-state index in [0.29, 0.717) is 43.9 Å². The number of fused-ring (bicyclic) bond motifs is 1. The zero-order valence-electron chi connectivity index (χ0n) is 20.9. The van der Waals surface area contributed by atoms with Gasteiger partial charge in [0.05, 0.1) is 31.2 Å². The van der Waals surface area contributed by atoms with Crippen LogP contribution in [0, 0.1) is 17.1 Å². The molecule has 0 spiro atoms. The van der Waals surface area contributed by atoms with Crippen LogP contribution in [0.3, 0.4) is 0 Å². The second kappa shape index (κ2) is 10.7. The van der Waals surface area contributed by atoms with Crippen LogP contribution in [0.1, 0.15) is 19.3 Å². The molecule has 2 aromatic heterocycles. The molecular weight excluding hydrogens is 479 g/mol. The molecule has 0 bridgehead atoms. The number of halogens is 1. The Morgan fingerprint density at radius 1 is 1.30 bits per heavy atom. The Morgan fingerprint density at radius 2 is 2.16 bits per heavy atom. The number of likely N-dealkylation sites (N-methyl/N-ethyl adjacent to an activating group) is 1. The van der Waals surface area contributed by atoms with Gasteiger partial charge in [-0.05, 0) is 38.6 Å². The van der Waals surface area contributed by atoms with Gasteiger partial charge in [-0.15, -0.1) is 0 Å².